The Morgan fingerprint density at radius 1 is 1.73 bits per heavy atom. The van der Waals surface area contributed by atoms with Gasteiger partial charge in [0.1, 0.15) is 6.10 Å². The first-order chi connectivity index (χ1) is 5.45. The molecule has 1 aromatic rings. The number of aromatic nitrogens is 1. The van der Waals surface area contributed by atoms with Crippen LogP contribution in [0.5, 0.6) is 0 Å². The summed E-state index contributed by atoms with van der Waals surface area (Å²) >= 11 is 0. The quantitative estimate of drug-likeness (QED) is 0.653. The minimum Gasteiger partial charge on any atom is -0.372 e. The zero-order chi connectivity index (χ0) is 7.52. The summed E-state index contributed by atoms with van der Waals surface area (Å²) in [4.78, 5) is 3.07. The van der Waals surface area contributed by atoms with Crippen LogP contribution in [0.15, 0.2) is 18.3 Å². The van der Waals surface area contributed by atoms with Crippen molar-refractivity contribution in [2.24, 2.45) is 0 Å². The maximum absolute atomic E-state index is 5.35. The molecule has 1 aliphatic heterocycles. The lowest BCUT2D eigenvalue weighted by atomic mass is 10.4. The number of rotatable bonds is 4. The highest BCUT2D eigenvalue weighted by Crippen LogP contribution is 2.09. The van der Waals surface area contributed by atoms with Gasteiger partial charge < -0.3 is 14.5 Å². The molecule has 0 amide bonds. The molecule has 0 spiro atoms. The van der Waals surface area contributed by atoms with Crippen molar-refractivity contribution in [3.05, 3.63) is 24.0 Å². The SMILES string of the molecule is c1c[nH]c(COCC2CO2)c1. The van der Waals surface area contributed by atoms with Gasteiger partial charge in [-0.2, -0.15) is 0 Å². The van der Waals surface area contributed by atoms with Crippen molar-refractivity contribution in [1.29, 1.82) is 0 Å². The zero-order valence-electron chi connectivity index (χ0n) is 6.25. The van der Waals surface area contributed by atoms with Crippen LogP contribution in [-0.4, -0.2) is 24.3 Å². The average Bonchev–Trinajstić information content (AvgIpc) is 2.66. The molecule has 0 aromatic carbocycles. The van der Waals surface area contributed by atoms with Crippen LogP contribution in [0.4, 0.5) is 0 Å². The minimum atomic E-state index is 0.366. The first-order valence-electron chi connectivity index (χ1n) is 3.77. The molecule has 1 atom stereocenters. The van der Waals surface area contributed by atoms with Crippen molar-refractivity contribution >= 4 is 0 Å². The molecule has 1 unspecified atom stereocenters. The summed E-state index contributed by atoms with van der Waals surface area (Å²) in [5.41, 5.74) is 1.12. The van der Waals surface area contributed by atoms with E-state index in [1.807, 2.05) is 18.3 Å². The summed E-state index contributed by atoms with van der Waals surface area (Å²) in [6.45, 7) is 2.25. The molecular weight excluding hydrogens is 142 g/mol. The van der Waals surface area contributed by atoms with Gasteiger partial charge in [-0.15, -0.1) is 0 Å². The normalized spacial score (nSPS) is 22.0. The monoisotopic (exact) mass is 153 g/mol. The fourth-order valence-corrected chi connectivity index (χ4v) is 0.922. The Morgan fingerprint density at radius 3 is 3.27 bits per heavy atom. The van der Waals surface area contributed by atoms with Gasteiger partial charge >= 0.3 is 0 Å². The number of hydrogen-bond acceptors (Lipinski definition) is 2. The maximum Gasteiger partial charge on any atom is 0.104 e. The molecule has 0 aliphatic carbocycles. The van der Waals surface area contributed by atoms with E-state index in [9.17, 15) is 0 Å². The Bertz CT molecular complexity index is 204. The summed E-state index contributed by atoms with van der Waals surface area (Å²) in [5.74, 6) is 0. The van der Waals surface area contributed by atoms with E-state index >= 15 is 0 Å². The Hall–Kier alpha value is -0.800. The Balaban J connectivity index is 1.66. The number of ether oxygens (including phenoxy) is 2. The van der Waals surface area contributed by atoms with Crippen LogP contribution in [0.25, 0.3) is 0 Å². The second-order valence-electron chi connectivity index (χ2n) is 2.67. The van der Waals surface area contributed by atoms with E-state index in [2.05, 4.69) is 4.98 Å². The van der Waals surface area contributed by atoms with E-state index in [-0.39, 0.29) is 0 Å². The standard InChI is InChI=1S/C8H11NO2/c1-2-7(9-3-1)4-10-5-8-6-11-8/h1-3,8-9H,4-6H2. The fraction of sp³-hybridized carbons (Fsp3) is 0.500. The third-order valence-electron chi connectivity index (χ3n) is 1.63. The molecule has 1 aliphatic rings. The summed E-state index contributed by atoms with van der Waals surface area (Å²) in [6, 6.07) is 3.97. The van der Waals surface area contributed by atoms with Crippen molar-refractivity contribution in [2.75, 3.05) is 13.2 Å². The smallest absolute Gasteiger partial charge is 0.104 e. The Morgan fingerprint density at radius 2 is 2.64 bits per heavy atom. The van der Waals surface area contributed by atoms with Crippen LogP contribution in [0.3, 0.4) is 0 Å². The van der Waals surface area contributed by atoms with Gasteiger partial charge in [-0.1, -0.05) is 0 Å². The van der Waals surface area contributed by atoms with E-state index < -0.39 is 0 Å². The predicted octanol–water partition coefficient (Wildman–Crippen LogP) is 0.930. The van der Waals surface area contributed by atoms with Gasteiger partial charge in [-0.3, -0.25) is 0 Å². The second kappa shape index (κ2) is 3.07. The van der Waals surface area contributed by atoms with Gasteiger partial charge in [-0.05, 0) is 12.1 Å². The summed E-state index contributed by atoms with van der Waals surface area (Å²) < 4.78 is 10.3. The number of hydrogen-bond donors (Lipinski definition) is 1. The molecule has 11 heavy (non-hydrogen) atoms. The highest BCUT2D eigenvalue weighted by molar-refractivity contribution is 5.01. The van der Waals surface area contributed by atoms with Crippen LogP contribution < -0.4 is 0 Å². The van der Waals surface area contributed by atoms with Crippen molar-refractivity contribution < 1.29 is 9.47 Å². The van der Waals surface area contributed by atoms with Gasteiger partial charge in [0.05, 0.1) is 19.8 Å². The van der Waals surface area contributed by atoms with E-state index in [1.165, 1.54) is 0 Å². The van der Waals surface area contributed by atoms with Crippen LogP contribution in [0.2, 0.25) is 0 Å². The lowest BCUT2D eigenvalue weighted by molar-refractivity contribution is 0.102. The molecule has 3 nitrogen and oxygen atoms in total. The molecule has 1 fully saturated rings. The second-order valence-corrected chi connectivity index (χ2v) is 2.67. The molecule has 1 saturated heterocycles. The summed E-state index contributed by atoms with van der Waals surface area (Å²) in [5, 5.41) is 0. The van der Waals surface area contributed by atoms with Crippen LogP contribution in [0, 0.1) is 0 Å². The number of H-pyrrole nitrogens is 1. The Kier molecular flexibility index (Phi) is 1.92. The van der Waals surface area contributed by atoms with Crippen molar-refractivity contribution in [2.45, 2.75) is 12.7 Å². The van der Waals surface area contributed by atoms with Crippen LogP contribution >= 0.6 is 0 Å². The molecule has 2 heterocycles. The lowest BCUT2D eigenvalue weighted by Crippen LogP contribution is -2.01. The number of epoxide rings is 1. The van der Waals surface area contributed by atoms with E-state index in [1.54, 1.807) is 0 Å². The van der Waals surface area contributed by atoms with E-state index in [0.29, 0.717) is 12.7 Å². The molecule has 1 aromatic heterocycles. The molecule has 60 valence electrons. The predicted molar refractivity (Wildman–Crippen MR) is 40.2 cm³/mol. The first-order valence-corrected chi connectivity index (χ1v) is 3.77. The molecule has 0 radical (unpaired) electrons. The third-order valence-corrected chi connectivity index (χ3v) is 1.63. The van der Waals surface area contributed by atoms with Crippen LogP contribution in [0.1, 0.15) is 5.69 Å². The number of nitrogens with one attached hydrogen (secondary N) is 1. The molecule has 3 heteroatoms. The Labute approximate surface area is 65.3 Å². The number of aromatic amines is 1. The van der Waals surface area contributed by atoms with Crippen molar-refractivity contribution in [1.82, 2.24) is 4.98 Å². The highest BCUT2D eigenvalue weighted by Gasteiger charge is 2.22. The fourth-order valence-electron chi connectivity index (χ4n) is 0.922. The van der Waals surface area contributed by atoms with Gasteiger partial charge in [0.15, 0.2) is 0 Å². The third kappa shape index (κ3) is 2.06. The molecule has 2 rings (SSSR count). The van der Waals surface area contributed by atoms with E-state index in [4.69, 9.17) is 9.47 Å². The molecule has 0 bridgehead atoms. The van der Waals surface area contributed by atoms with E-state index in [0.717, 1.165) is 18.9 Å². The average molecular weight is 153 g/mol. The topological polar surface area (TPSA) is 37.5 Å². The highest BCUT2D eigenvalue weighted by atomic mass is 16.6. The van der Waals surface area contributed by atoms with Crippen molar-refractivity contribution in [3.8, 4) is 0 Å². The summed E-state index contributed by atoms with van der Waals surface area (Å²) in [7, 11) is 0. The lowest BCUT2D eigenvalue weighted by Gasteiger charge is -1.98. The zero-order valence-corrected chi connectivity index (χ0v) is 6.25. The first kappa shape index (κ1) is 6.88. The summed E-state index contributed by atoms with van der Waals surface area (Å²) in [6.07, 6.45) is 2.26. The largest absolute Gasteiger partial charge is 0.372 e. The molecule has 0 saturated carbocycles. The van der Waals surface area contributed by atoms with Crippen molar-refractivity contribution in [3.63, 3.8) is 0 Å². The van der Waals surface area contributed by atoms with Gasteiger partial charge in [0.2, 0.25) is 0 Å². The molecule has 1 N–H and O–H groups in total. The maximum atomic E-state index is 5.35. The van der Waals surface area contributed by atoms with Gasteiger partial charge in [-0.25, -0.2) is 0 Å². The molecular formula is C8H11NO2. The minimum absolute atomic E-state index is 0.366. The van der Waals surface area contributed by atoms with Crippen LogP contribution in [-0.2, 0) is 16.1 Å². The van der Waals surface area contributed by atoms with Gasteiger partial charge in [0, 0.05) is 11.9 Å². The van der Waals surface area contributed by atoms with Gasteiger partial charge in [0.25, 0.3) is 0 Å².